The minimum absolute atomic E-state index is 0.0583. The molecule has 2 amide bonds. The van der Waals surface area contributed by atoms with Gasteiger partial charge in [0.15, 0.2) is 17.9 Å². The van der Waals surface area contributed by atoms with Crippen molar-refractivity contribution < 1.29 is 33.6 Å². The number of benzene rings is 1. The molecule has 2 saturated heterocycles. The van der Waals surface area contributed by atoms with E-state index in [1.54, 1.807) is 6.92 Å². The minimum atomic E-state index is -1.18. The van der Waals surface area contributed by atoms with Crippen molar-refractivity contribution in [2.45, 2.75) is 37.8 Å². The zero-order valence-electron chi connectivity index (χ0n) is 21.8. The van der Waals surface area contributed by atoms with E-state index in [1.165, 1.54) is 24.7 Å². The lowest BCUT2D eigenvalue weighted by atomic mass is 10.1. The number of hydrogen-bond acceptors (Lipinski definition) is 11. The number of fused-ring (bicyclic) bond motifs is 1. The number of aromatic nitrogens is 3. The highest BCUT2D eigenvalue weighted by Gasteiger charge is 2.53. The van der Waals surface area contributed by atoms with Crippen molar-refractivity contribution in [1.29, 1.82) is 0 Å². The average molecular weight is 562 g/mol. The predicted octanol–water partition coefficient (Wildman–Crippen LogP) is 1.67. The standard InChI is InChI=1S/C27H27N7O7/c1-2-29-27(37)34-23-19(28)22(31-14-32-23)33-25-21-20(40-18(41-21)11-10-15-7-4-3-5-8-15)17(39-25)13-38-24-16(26(35)36)9-6-12-30-24/h3-9,12,14,17-18,20-21,25H,2,13,28H2,1H3,(H,35,36)(H3,29,31,32,33,34,37). The lowest BCUT2D eigenvalue weighted by molar-refractivity contribution is -0.104. The van der Waals surface area contributed by atoms with Crippen molar-refractivity contribution in [3.05, 3.63) is 66.1 Å². The number of carbonyl (C=O) groups is 2. The van der Waals surface area contributed by atoms with Gasteiger partial charge in [0.1, 0.15) is 42.5 Å². The molecule has 3 aromatic rings. The van der Waals surface area contributed by atoms with Crippen LogP contribution >= 0.6 is 0 Å². The molecule has 2 aromatic heterocycles. The first kappa shape index (κ1) is 27.6. The van der Waals surface area contributed by atoms with Gasteiger partial charge < -0.3 is 40.4 Å². The third-order valence-corrected chi connectivity index (χ3v) is 6.10. The molecule has 0 spiro atoms. The number of amides is 2. The summed E-state index contributed by atoms with van der Waals surface area (Å²) in [4.78, 5) is 35.8. The Hall–Kier alpha value is -4.97. The van der Waals surface area contributed by atoms with Crippen LogP contribution in [-0.4, -0.2) is 76.0 Å². The Morgan fingerprint density at radius 3 is 2.61 bits per heavy atom. The van der Waals surface area contributed by atoms with E-state index in [4.69, 9.17) is 24.7 Å². The molecular formula is C27H27N7O7. The molecule has 0 saturated carbocycles. The van der Waals surface area contributed by atoms with E-state index in [9.17, 15) is 14.7 Å². The molecule has 6 N–H and O–H groups in total. The van der Waals surface area contributed by atoms with Crippen molar-refractivity contribution in [1.82, 2.24) is 20.3 Å². The summed E-state index contributed by atoms with van der Waals surface area (Å²) in [6.07, 6.45) is -1.05. The van der Waals surface area contributed by atoms with Gasteiger partial charge in [-0.2, -0.15) is 0 Å². The molecule has 41 heavy (non-hydrogen) atoms. The van der Waals surface area contributed by atoms with E-state index in [0.29, 0.717) is 6.54 Å². The second-order valence-electron chi connectivity index (χ2n) is 8.85. The van der Waals surface area contributed by atoms with Crippen LogP contribution in [0.2, 0.25) is 0 Å². The van der Waals surface area contributed by atoms with Gasteiger partial charge in [0.05, 0.1) is 0 Å². The van der Waals surface area contributed by atoms with Crippen molar-refractivity contribution in [3.8, 4) is 17.7 Å². The van der Waals surface area contributed by atoms with Crippen LogP contribution in [0.4, 0.5) is 22.1 Å². The van der Waals surface area contributed by atoms with Gasteiger partial charge >= 0.3 is 12.0 Å². The van der Waals surface area contributed by atoms with E-state index in [1.807, 2.05) is 30.3 Å². The molecule has 1 aromatic carbocycles. The highest BCUT2D eigenvalue weighted by Crippen LogP contribution is 2.36. The number of carboxylic acid groups (broad SMARTS) is 1. The van der Waals surface area contributed by atoms with E-state index in [0.717, 1.165) is 5.56 Å². The highest BCUT2D eigenvalue weighted by atomic mass is 16.8. The second kappa shape index (κ2) is 12.5. The van der Waals surface area contributed by atoms with Gasteiger partial charge in [0.25, 0.3) is 0 Å². The first-order valence-corrected chi connectivity index (χ1v) is 12.7. The minimum Gasteiger partial charge on any atom is -0.477 e. The maximum absolute atomic E-state index is 12.0. The molecule has 2 fully saturated rings. The summed E-state index contributed by atoms with van der Waals surface area (Å²) in [5.74, 6) is 5.06. The van der Waals surface area contributed by atoms with Gasteiger partial charge in [-0.05, 0) is 37.1 Å². The summed E-state index contributed by atoms with van der Waals surface area (Å²) >= 11 is 0. The monoisotopic (exact) mass is 561 g/mol. The van der Waals surface area contributed by atoms with Crippen molar-refractivity contribution in [2.24, 2.45) is 0 Å². The van der Waals surface area contributed by atoms with Crippen LogP contribution in [0.5, 0.6) is 5.88 Å². The number of carboxylic acids is 1. The fraction of sp³-hybridized carbons (Fsp3) is 0.296. The molecule has 4 heterocycles. The highest BCUT2D eigenvalue weighted by molar-refractivity contribution is 5.93. The van der Waals surface area contributed by atoms with Crippen LogP contribution in [0.15, 0.2) is 55.0 Å². The molecule has 5 atom stereocenters. The molecule has 0 aliphatic carbocycles. The van der Waals surface area contributed by atoms with Crippen LogP contribution in [0.3, 0.4) is 0 Å². The predicted molar refractivity (Wildman–Crippen MR) is 145 cm³/mol. The summed E-state index contributed by atoms with van der Waals surface area (Å²) in [5.41, 5.74) is 7.01. The van der Waals surface area contributed by atoms with Crippen LogP contribution in [0.1, 0.15) is 22.8 Å². The van der Waals surface area contributed by atoms with Crippen LogP contribution < -0.4 is 26.4 Å². The Balaban J connectivity index is 1.35. The third-order valence-electron chi connectivity index (χ3n) is 6.10. The molecule has 212 valence electrons. The number of nitrogens with one attached hydrogen (secondary N) is 3. The molecule has 5 rings (SSSR count). The molecule has 14 heteroatoms. The summed E-state index contributed by atoms with van der Waals surface area (Å²) in [6.45, 7) is 2.10. The topological polar surface area (TPSA) is 192 Å². The van der Waals surface area contributed by atoms with Gasteiger partial charge in [-0.25, -0.2) is 24.5 Å². The van der Waals surface area contributed by atoms with E-state index in [-0.39, 0.29) is 35.4 Å². The lowest BCUT2D eigenvalue weighted by Gasteiger charge is -2.21. The number of urea groups is 1. The smallest absolute Gasteiger partial charge is 0.341 e. The number of hydrogen-bond donors (Lipinski definition) is 5. The number of anilines is 3. The van der Waals surface area contributed by atoms with Gasteiger partial charge in [0, 0.05) is 18.3 Å². The first-order valence-electron chi connectivity index (χ1n) is 12.7. The third kappa shape index (κ3) is 6.44. The number of aromatic carboxylic acids is 1. The van der Waals surface area contributed by atoms with E-state index in [2.05, 4.69) is 42.7 Å². The number of rotatable bonds is 8. The normalized spacial score (nSPS) is 22.6. The number of nitrogens with zero attached hydrogens (tertiary/aromatic N) is 3. The SMILES string of the molecule is CCNC(=O)Nc1ncnc(NC2OC(COc3ncccc3C(=O)O)C3OC(C#Cc4ccccc4)OC23)c1N. The number of nitrogens with two attached hydrogens (primary N) is 1. The van der Waals surface area contributed by atoms with Crippen molar-refractivity contribution >= 4 is 29.3 Å². The number of carbonyl (C=O) groups excluding carboxylic acids is 1. The molecular weight excluding hydrogens is 534 g/mol. The number of ether oxygens (including phenoxy) is 4. The number of pyridine rings is 1. The zero-order valence-corrected chi connectivity index (χ0v) is 21.8. The average Bonchev–Trinajstić information content (AvgIpc) is 3.53. The van der Waals surface area contributed by atoms with Crippen LogP contribution in [0.25, 0.3) is 0 Å². The fourth-order valence-corrected chi connectivity index (χ4v) is 4.23. The Morgan fingerprint density at radius 2 is 1.83 bits per heavy atom. The Bertz CT molecular complexity index is 1460. The molecule has 2 aliphatic heterocycles. The van der Waals surface area contributed by atoms with Gasteiger partial charge in [-0.1, -0.05) is 24.1 Å². The molecule has 14 nitrogen and oxygen atoms in total. The molecule has 0 radical (unpaired) electrons. The van der Waals surface area contributed by atoms with Crippen LogP contribution in [0, 0.1) is 11.8 Å². The Labute approximate surface area is 234 Å². The Morgan fingerprint density at radius 1 is 1.05 bits per heavy atom. The summed E-state index contributed by atoms with van der Waals surface area (Å²) in [7, 11) is 0. The molecule has 0 bridgehead atoms. The van der Waals surface area contributed by atoms with Crippen molar-refractivity contribution in [2.75, 3.05) is 29.5 Å². The maximum Gasteiger partial charge on any atom is 0.341 e. The summed E-state index contributed by atoms with van der Waals surface area (Å²) in [5, 5.41) is 17.7. The van der Waals surface area contributed by atoms with E-state index >= 15 is 0 Å². The van der Waals surface area contributed by atoms with Gasteiger partial charge in [-0.15, -0.1) is 0 Å². The maximum atomic E-state index is 12.0. The molecule has 2 aliphatic rings. The number of nitrogen functional groups attached to an aromatic ring is 1. The lowest BCUT2D eigenvalue weighted by Crippen LogP contribution is -2.35. The fourth-order valence-electron chi connectivity index (χ4n) is 4.23. The van der Waals surface area contributed by atoms with Gasteiger partial charge in [0.2, 0.25) is 12.2 Å². The molecule has 5 unspecified atom stereocenters. The van der Waals surface area contributed by atoms with E-state index < -0.39 is 42.8 Å². The Kier molecular flexibility index (Phi) is 8.39. The van der Waals surface area contributed by atoms with Crippen molar-refractivity contribution in [3.63, 3.8) is 0 Å². The summed E-state index contributed by atoms with van der Waals surface area (Å²) in [6, 6.07) is 11.8. The van der Waals surface area contributed by atoms with Crippen LogP contribution in [-0.2, 0) is 14.2 Å². The van der Waals surface area contributed by atoms with Gasteiger partial charge in [-0.3, -0.25) is 5.32 Å². The summed E-state index contributed by atoms with van der Waals surface area (Å²) < 4.78 is 24.1. The quantitative estimate of drug-likeness (QED) is 0.250. The largest absolute Gasteiger partial charge is 0.477 e. The zero-order chi connectivity index (χ0) is 28.8. The first-order chi connectivity index (χ1) is 19.9. The second-order valence-corrected chi connectivity index (χ2v) is 8.85.